The molecule has 2 aromatic carbocycles. The molecule has 0 aliphatic carbocycles. The van der Waals surface area contributed by atoms with Gasteiger partial charge in [-0.25, -0.2) is 0 Å². The Morgan fingerprint density at radius 3 is 2.32 bits per heavy atom. The predicted molar refractivity (Wildman–Crippen MR) is 80.8 cm³/mol. The lowest BCUT2D eigenvalue weighted by Crippen LogP contribution is -2.16. The van der Waals surface area contributed by atoms with Crippen molar-refractivity contribution in [3.05, 3.63) is 70.2 Å². The molecular formula is C16H16BrNO. The minimum absolute atomic E-state index is 0.165. The highest BCUT2D eigenvalue weighted by Gasteiger charge is 2.11. The Kier molecular flexibility index (Phi) is 4.88. The van der Waals surface area contributed by atoms with Crippen molar-refractivity contribution in [3.63, 3.8) is 0 Å². The second kappa shape index (κ2) is 6.64. The summed E-state index contributed by atoms with van der Waals surface area (Å²) in [6.07, 6.45) is 0.813. The number of ketones is 1. The average molecular weight is 318 g/mol. The predicted octanol–water partition coefficient (Wildman–Crippen LogP) is 3.65. The second-order valence-electron chi connectivity index (χ2n) is 4.56. The molecule has 0 heterocycles. The topological polar surface area (TPSA) is 43.1 Å². The lowest BCUT2D eigenvalue weighted by molar-refractivity contribution is -0.118. The maximum absolute atomic E-state index is 12.0. The summed E-state index contributed by atoms with van der Waals surface area (Å²) in [5.74, 6) is 0.165. The van der Waals surface area contributed by atoms with Gasteiger partial charge in [0.25, 0.3) is 0 Å². The minimum atomic E-state index is -0.218. The molecule has 0 aromatic heterocycles. The van der Waals surface area contributed by atoms with Gasteiger partial charge >= 0.3 is 0 Å². The molecule has 0 aliphatic heterocycles. The molecule has 0 spiro atoms. The van der Waals surface area contributed by atoms with Gasteiger partial charge in [0.2, 0.25) is 0 Å². The number of Topliss-reactive ketones (excluding diaryl/α,β-unsaturated/α-hetero) is 1. The number of halogens is 1. The van der Waals surface area contributed by atoms with Crippen LogP contribution in [-0.2, 0) is 11.2 Å². The highest BCUT2D eigenvalue weighted by molar-refractivity contribution is 9.10. The summed E-state index contributed by atoms with van der Waals surface area (Å²) in [7, 11) is 0. The van der Waals surface area contributed by atoms with Crippen molar-refractivity contribution in [3.8, 4) is 0 Å². The SMILES string of the molecule is NC(CC(=O)Cc1ccc(Br)cc1)c1ccccc1. The Balaban J connectivity index is 1.93. The van der Waals surface area contributed by atoms with E-state index in [4.69, 9.17) is 5.73 Å². The van der Waals surface area contributed by atoms with Gasteiger partial charge in [0.15, 0.2) is 0 Å². The van der Waals surface area contributed by atoms with Crippen LogP contribution in [0.5, 0.6) is 0 Å². The lowest BCUT2D eigenvalue weighted by atomic mass is 9.99. The van der Waals surface area contributed by atoms with E-state index in [-0.39, 0.29) is 11.8 Å². The van der Waals surface area contributed by atoms with E-state index < -0.39 is 0 Å². The van der Waals surface area contributed by atoms with Crippen LogP contribution in [-0.4, -0.2) is 5.78 Å². The van der Waals surface area contributed by atoms with Crippen molar-refractivity contribution >= 4 is 21.7 Å². The van der Waals surface area contributed by atoms with Crippen molar-refractivity contribution in [2.24, 2.45) is 5.73 Å². The van der Waals surface area contributed by atoms with Gasteiger partial charge in [-0.1, -0.05) is 58.4 Å². The van der Waals surface area contributed by atoms with Gasteiger partial charge in [0.1, 0.15) is 5.78 Å². The molecule has 0 bridgehead atoms. The van der Waals surface area contributed by atoms with E-state index in [0.29, 0.717) is 12.8 Å². The summed E-state index contributed by atoms with van der Waals surface area (Å²) in [6.45, 7) is 0. The van der Waals surface area contributed by atoms with Crippen LogP contribution in [0, 0.1) is 0 Å². The smallest absolute Gasteiger partial charge is 0.139 e. The van der Waals surface area contributed by atoms with Gasteiger partial charge in [-0.15, -0.1) is 0 Å². The summed E-state index contributed by atoms with van der Waals surface area (Å²) in [5.41, 5.74) is 8.07. The lowest BCUT2D eigenvalue weighted by Gasteiger charge is -2.11. The Morgan fingerprint density at radius 1 is 1.05 bits per heavy atom. The summed E-state index contributed by atoms with van der Waals surface area (Å²) < 4.78 is 1.02. The fourth-order valence-electron chi connectivity index (χ4n) is 1.97. The number of rotatable bonds is 5. The monoisotopic (exact) mass is 317 g/mol. The second-order valence-corrected chi connectivity index (χ2v) is 5.48. The van der Waals surface area contributed by atoms with Gasteiger partial charge in [0.05, 0.1) is 0 Å². The third kappa shape index (κ3) is 4.30. The van der Waals surface area contributed by atoms with Crippen LogP contribution in [0.3, 0.4) is 0 Å². The third-order valence-electron chi connectivity index (χ3n) is 2.99. The quantitative estimate of drug-likeness (QED) is 0.914. The minimum Gasteiger partial charge on any atom is -0.324 e. The first-order valence-corrected chi connectivity index (χ1v) is 7.01. The standard InChI is InChI=1S/C16H16BrNO/c17-14-8-6-12(7-9-14)10-15(19)11-16(18)13-4-2-1-3-5-13/h1-9,16H,10-11,18H2. The van der Waals surface area contributed by atoms with Crippen LogP contribution in [0.2, 0.25) is 0 Å². The van der Waals surface area contributed by atoms with E-state index in [0.717, 1.165) is 15.6 Å². The first kappa shape index (κ1) is 14.0. The first-order valence-electron chi connectivity index (χ1n) is 6.22. The number of nitrogens with two attached hydrogens (primary N) is 1. The molecule has 2 aromatic rings. The first-order chi connectivity index (χ1) is 9.15. The Morgan fingerprint density at radius 2 is 1.68 bits per heavy atom. The molecule has 98 valence electrons. The van der Waals surface area contributed by atoms with Crippen LogP contribution < -0.4 is 5.73 Å². The molecule has 1 unspecified atom stereocenters. The molecule has 2 N–H and O–H groups in total. The molecule has 0 aliphatic rings. The number of hydrogen-bond donors (Lipinski definition) is 1. The molecule has 19 heavy (non-hydrogen) atoms. The number of benzene rings is 2. The summed E-state index contributed by atoms with van der Waals surface area (Å²) in [5, 5.41) is 0. The molecule has 0 saturated heterocycles. The summed E-state index contributed by atoms with van der Waals surface area (Å²) >= 11 is 3.38. The molecular weight excluding hydrogens is 302 g/mol. The molecule has 2 rings (SSSR count). The molecule has 1 atom stereocenters. The molecule has 2 nitrogen and oxygen atoms in total. The molecule has 0 saturated carbocycles. The van der Waals surface area contributed by atoms with Crippen LogP contribution in [0.25, 0.3) is 0 Å². The number of hydrogen-bond acceptors (Lipinski definition) is 2. The van der Waals surface area contributed by atoms with Crippen molar-refractivity contribution < 1.29 is 4.79 Å². The van der Waals surface area contributed by atoms with Gasteiger partial charge in [-0.05, 0) is 23.3 Å². The van der Waals surface area contributed by atoms with E-state index in [1.54, 1.807) is 0 Å². The Bertz CT molecular complexity index is 536. The van der Waals surface area contributed by atoms with Gasteiger partial charge in [-0.3, -0.25) is 4.79 Å². The average Bonchev–Trinajstić information content (AvgIpc) is 2.42. The van der Waals surface area contributed by atoms with E-state index in [9.17, 15) is 4.79 Å². The summed E-state index contributed by atoms with van der Waals surface area (Å²) in [6, 6.07) is 17.3. The number of carbonyl (C=O) groups excluding carboxylic acids is 1. The fourth-order valence-corrected chi connectivity index (χ4v) is 2.23. The maximum atomic E-state index is 12.0. The van der Waals surface area contributed by atoms with E-state index >= 15 is 0 Å². The van der Waals surface area contributed by atoms with E-state index in [1.807, 2.05) is 54.6 Å². The van der Waals surface area contributed by atoms with Gasteiger partial charge in [0, 0.05) is 23.4 Å². The highest BCUT2D eigenvalue weighted by Crippen LogP contribution is 2.16. The molecule has 0 amide bonds. The van der Waals surface area contributed by atoms with Crippen molar-refractivity contribution in [2.75, 3.05) is 0 Å². The van der Waals surface area contributed by atoms with Crippen LogP contribution >= 0.6 is 15.9 Å². The van der Waals surface area contributed by atoms with Crippen molar-refractivity contribution in [2.45, 2.75) is 18.9 Å². The van der Waals surface area contributed by atoms with Crippen LogP contribution in [0.1, 0.15) is 23.6 Å². The fraction of sp³-hybridized carbons (Fsp3) is 0.188. The summed E-state index contributed by atoms with van der Waals surface area (Å²) in [4.78, 5) is 12.0. The zero-order valence-electron chi connectivity index (χ0n) is 10.6. The van der Waals surface area contributed by atoms with Gasteiger partial charge in [-0.2, -0.15) is 0 Å². The van der Waals surface area contributed by atoms with Crippen LogP contribution in [0.15, 0.2) is 59.1 Å². The molecule has 0 fully saturated rings. The molecule has 3 heteroatoms. The van der Waals surface area contributed by atoms with Gasteiger partial charge < -0.3 is 5.73 Å². The Labute approximate surface area is 121 Å². The normalized spacial score (nSPS) is 12.1. The van der Waals surface area contributed by atoms with Crippen molar-refractivity contribution in [1.29, 1.82) is 0 Å². The zero-order chi connectivity index (χ0) is 13.7. The number of carbonyl (C=O) groups is 1. The van der Waals surface area contributed by atoms with E-state index in [2.05, 4.69) is 15.9 Å². The Hall–Kier alpha value is -1.45. The zero-order valence-corrected chi connectivity index (χ0v) is 12.1. The van der Waals surface area contributed by atoms with E-state index in [1.165, 1.54) is 0 Å². The molecule has 0 radical (unpaired) electrons. The maximum Gasteiger partial charge on any atom is 0.139 e. The van der Waals surface area contributed by atoms with Crippen LogP contribution in [0.4, 0.5) is 0 Å². The third-order valence-corrected chi connectivity index (χ3v) is 3.52. The van der Waals surface area contributed by atoms with Crippen molar-refractivity contribution in [1.82, 2.24) is 0 Å². The largest absolute Gasteiger partial charge is 0.324 e. The highest BCUT2D eigenvalue weighted by atomic mass is 79.9.